The minimum atomic E-state index is -0.260. The minimum absolute atomic E-state index is 0.0656. The number of carbonyl (C=O) groups is 1. The molecule has 0 aliphatic heterocycles. The van der Waals surface area contributed by atoms with E-state index in [0.717, 1.165) is 23.6 Å². The van der Waals surface area contributed by atoms with Crippen molar-refractivity contribution in [2.24, 2.45) is 0 Å². The zero-order chi connectivity index (χ0) is 18.0. The Morgan fingerprint density at radius 2 is 1.58 bits per heavy atom. The largest absolute Gasteiger partial charge is 0.494 e. The Kier molecular flexibility index (Phi) is 6.55. The highest BCUT2D eigenvalue weighted by molar-refractivity contribution is 7.15. The van der Waals surface area contributed by atoms with Gasteiger partial charge in [0.1, 0.15) is 16.5 Å². The number of ether oxygens (including phenoxy) is 2. The number of carbonyl (C=O) groups excluding carboxylic acids is 1. The van der Waals surface area contributed by atoms with Gasteiger partial charge < -0.3 is 9.47 Å². The standard InChI is InChI=1S/C19H19N3O3S/c23-17(14-25-16-10-5-2-6-11-16)20-19-22-21-18(26-19)12-7-13-24-15-8-3-1-4-9-15/h1-6,8-11H,7,12-14H2,(H,20,22,23). The molecule has 1 amide bonds. The maximum Gasteiger partial charge on any atom is 0.264 e. The first-order valence-corrected chi connectivity index (χ1v) is 9.09. The van der Waals surface area contributed by atoms with Gasteiger partial charge in [0.05, 0.1) is 6.61 Å². The van der Waals surface area contributed by atoms with Crippen LogP contribution in [-0.2, 0) is 11.2 Å². The normalized spacial score (nSPS) is 10.3. The molecular formula is C19H19N3O3S. The number of amides is 1. The lowest BCUT2D eigenvalue weighted by molar-refractivity contribution is -0.118. The third-order valence-corrected chi connectivity index (χ3v) is 4.27. The molecule has 1 N–H and O–H groups in total. The highest BCUT2D eigenvalue weighted by Gasteiger charge is 2.09. The van der Waals surface area contributed by atoms with E-state index in [4.69, 9.17) is 9.47 Å². The van der Waals surface area contributed by atoms with E-state index in [1.165, 1.54) is 11.3 Å². The lowest BCUT2D eigenvalue weighted by Gasteiger charge is -2.05. The van der Waals surface area contributed by atoms with Crippen LogP contribution >= 0.6 is 11.3 Å². The van der Waals surface area contributed by atoms with E-state index in [1.54, 1.807) is 12.1 Å². The molecule has 2 aromatic carbocycles. The van der Waals surface area contributed by atoms with Crippen molar-refractivity contribution >= 4 is 22.4 Å². The summed E-state index contributed by atoms with van der Waals surface area (Å²) in [4.78, 5) is 11.9. The first-order valence-electron chi connectivity index (χ1n) is 8.27. The fourth-order valence-electron chi connectivity index (χ4n) is 2.16. The Morgan fingerprint density at radius 1 is 0.923 bits per heavy atom. The predicted molar refractivity (Wildman–Crippen MR) is 101 cm³/mol. The number of anilines is 1. The average molecular weight is 369 g/mol. The van der Waals surface area contributed by atoms with Gasteiger partial charge in [0, 0.05) is 6.42 Å². The molecule has 0 aliphatic rings. The van der Waals surface area contributed by atoms with Gasteiger partial charge in [0.2, 0.25) is 5.13 Å². The van der Waals surface area contributed by atoms with Crippen LogP contribution in [-0.4, -0.2) is 29.3 Å². The SMILES string of the molecule is O=C(COc1ccccc1)Nc1nnc(CCCOc2ccccc2)s1. The Bertz CT molecular complexity index is 809. The molecule has 6 nitrogen and oxygen atoms in total. The van der Waals surface area contributed by atoms with Crippen LogP contribution in [0.1, 0.15) is 11.4 Å². The fraction of sp³-hybridized carbons (Fsp3) is 0.211. The predicted octanol–water partition coefficient (Wildman–Crippen LogP) is 3.57. The zero-order valence-corrected chi connectivity index (χ0v) is 14.9. The van der Waals surface area contributed by atoms with E-state index in [9.17, 15) is 4.79 Å². The maximum atomic E-state index is 11.9. The number of hydrogen-bond acceptors (Lipinski definition) is 6. The Labute approximate surface area is 155 Å². The van der Waals surface area contributed by atoms with Crippen LogP contribution in [0.2, 0.25) is 0 Å². The van der Waals surface area contributed by atoms with Gasteiger partial charge in [-0.1, -0.05) is 47.7 Å². The Morgan fingerprint density at radius 3 is 2.27 bits per heavy atom. The van der Waals surface area contributed by atoms with Crippen LogP contribution in [0.3, 0.4) is 0 Å². The smallest absolute Gasteiger partial charge is 0.264 e. The Hall–Kier alpha value is -2.93. The topological polar surface area (TPSA) is 73.3 Å². The van der Waals surface area contributed by atoms with Gasteiger partial charge in [-0.05, 0) is 30.7 Å². The second-order valence-electron chi connectivity index (χ2n) is 5.42. The zero-order valence-electron chi connectivity index (χ0n) is 14.1. The second kappa shape index (κ2) is 9.53. The van der Waals surface area contributed by atoms with Crippen LogP contribution in [0.4, 0.5) is 5.13 Å². The Balaban J connectivity index is 1.36. The van der Waals surface area contributed by atoms with Gasteiger partial charge >= 0.3 is 0 Å². The van der Waals surface area contributed by atoms with Gasteiger partial charge in [-0.3, -0.25) is 10.1 Å². The summed E-state index contributed by atoms with van der Waals surface area (Å²) in [6, 6.07) is 18.9. The highest BCUT2D eigenvalue weighted by Crippen LogP contribution is 2.17. The van der Waals surface area contributed by atoms with E-state index in [0.29, 0.717) is 17.5 Å². The summed E-state index contributed by atoms with van der Waals surface area (Å²) >= 11 is 1.36. The number of rotatable bonds is 9. The summed E-state index contributed by atoms with van der Waals surface area (Å²) in [5.41, 5.74) is 0. The number of benzene rings is 2. The van der Waals surface area contributed by atoms with Crippen molar-refractivity contribution in [2.45, 2.75) is 12.8 Å². The van der Waals surface area contributed by atoms with E-state index in [-0.39, 0.29) is 12.5 Å². The molecule has 0 unspecified atom stereocenters. The first kappa shape index (κ1) is 17.9. The molecule has 1 aromatic heterocycles. The molecule has 0 radical (unpaired) electrons. The molecule has 7 heteroatoms. The van der Waals surface area contributed by atoms with Gasteiger partial charge in [-0.15, -0.1) is 10.2 Å². The number of para-hydroxylation sites is 2. The van der Waals surface area contributed by atoms with Gasteiger partial charge in [-0.25, -0.2) is 0 Å². The summed E-state index contributed by atoms with van der Waals surface area (Å²) in [6.07, 6.45) is 1.58. The van der Waals surface area contributed by atoms with Crippen molar-refractivity contribution in [1.82, 2.24) is 10.2 Å². The van der Waals surface area contributed by atoms with Crippen molar-refractivity contribution in [1.29, 1.82) is 0 Å². The van der Waals surface area contributed by atoms with Crippen LogP contribution in [0, 0.1) is 0 Å². The summed E-state index contributed by atoms with van der Waals surface area (Å²) in [5, 5.41) is 12.1. The molecule has 0 saturated heterocycles. The van der Waals surface area contributed by atoms with Crippen molar-refractivity contribution in [3.05, 3.63) is 65.7 Å². The third kappa shape index (κ3) is 5.86. The van der Waals surface area contributed by atoms with E-state index >= 15 is 0 Å². The van der Waals surface area contributed by atoms with Crippen LogP contribution < -0.4 is 14.8 Å². The minimum Gasteiger partial charge on any atom is -0.494 e. The molecule has 0 spiro atoms. The van der Waals surface area contributed by atoms with E-state index in [1.807, 2.05) is 48.5 Å². The molecule has 0 aliphatic carbocycles. The molecule has 3 aromatic rings. The molecule has 0 bridgehead atoms. The molecule has 0 atom stereocenters. The van der Waals surface area contributed by atoms with Gasteiger partial charge in [-0.2, -0.15) is 0 Å². The number of aryl methyl sites for hydroxylation is 1. The average Bonchev–Trinajstić information content (AvgIpc) is 3.12. The lowest BCUT2D eigenvalue weighted by atomic mass is 10.3. The summed E-state index contributed by atoms with van der Waals surface area (Å²) < 4.78 is 11.0. The summed E-state index contributed by atoms with van der Waals surface area (Å²) in [5.74, 6) is 1.25. The van der Waals surface area contributed by atoms with Crippen LogP contribution in [0.25, 0.3) is 0 Å². The number of nitrogens with zero attached hydrogens (tertiary/aromatic N) is 2. The van der Waals surface area contributed by atoms with Crippen molar-refractivity contribution in [3.8, 4) is 11.5 Å². The molecule has 134 valence electrons. The second-order valence-corrected chi connectivity index (χ2v) is 6.48. The number of nitrogens with one attached hydrogen (secondary N) is 1. The monoisotopic (exact) mass is 369 g/mol. The molecule has 0 saturated carbocycles. The van der Waals surface area contributed by atoms with E-state index < -0.39 is 0 Å². The van der Waals surface area contributed by atoms with Crippen molar-refractivity contribution in [2.75, 3.05) is 18.5 Å². The fourth-order valence-corrected chi connectivity index (χ4v) is 2.95. The van der Waals surface area contributed by atoms with E-state index in [2.05, 4.69) is 15.5 Å². The summed E-state index contributed by atoms with van der Waals surface area (Å²) in [6.45, 7) is 0.542. The van der Waals surface area contributed by atoms with Crippen LogP contribution in [0.5, 0.6) is 11.5 Å². The molecule has 1 heterocycles. The lowest BCUT2D eigenvalue weighted by Crippen LogP contribution is -2.20. The molecular weight excluding hydrogens is 350 g/mol. The highest BCUT2D eigenvalue weighted by atomic mass is 32.1. The quantitative estimate of drug-likeness (QED) is 0.584. The van der Waals surface area contributed by atoms with Gasteiger partial charge in [0.15, 0.2) is 6.61 Å². The number of aromatic nitrogens is 2. The molecule has 3 rings (SSSR count). The molecule has 0 fully saturated rings. The summed E-state index contributed by atoms with van der Waals surface area (Å²) in [7, 11) is 0. The van der Waals surface area contributed by atoms with Gasteiger partial charge in [0.25, 0.3) is 5.91 Å². The van der Waals surface area contributed by atoms with Crippen molar-refractivity contribution in [3.63, 3.8) is 0 Å². The first-order chi connectivity index (χ1) is 12.8. The maximum absolute atomic E-state index is 11.9. The third-order valence-electron chi connectivity index (χ3n) is 3.37. The number of hydrogen-bond donors (Lipinski definition) is 1. The van der Waals surface area contributed by atoms with Crippen molar-refractivity contribution < 1.29 is 14.3 Å². The van der Waals surface area contributed by atoms with Crippen LogP contribution in [0.15, 0.2) is 60.7 Å². The molecule has 26 heavy (non-hydrogen) atoms.